The van der Waals surface area contributed by atoms with Crippen LogP contribution < -0.4 is 0 Å². The molecule has 0 saturated heterocycles. The predicted octanol–water partition coefficient (Wildman–Crippen LogP) is -0.0616. The summed E-state index contributed by atoms with van der Waals surface area (Å²) in [4.78, 5) is 11.2. The number of rotatable bonds is 1. The Balaban J connectivity index is 2.28. The highest BCUT2D eigenvalue weighted by Crippen LogP contribution is 2.24. The molecule has 0 aliphatic carbocycles. The van der Waals surface area contributed by atoms with Crippen molar-refractivity contribution < 1.29 is 9.53 Å². The summed E-state index contributed by atoms with van der Waals surface area (Å²) in [5.74, 6) is -0.237. The highest BCUT2D eigenvalue weighted by Gasteiger charge is 2.29. The van der Waals surface area contributed by atoms with E-state index in [2.05, 4.69) is 15.0 Å². The van der Waals surface area contributed by atoms with Crippen LogP contribution in [-0.2, 0) is 16.0 Å². The lowest BCUT2D eigenvalue weighted by Gasteiger charge is -2.06. The van der Waals surface area contributed by atoms with Gasteiger partial charge in [0.05, 0.1) is 19.0 Å². The van der Waals surface area contributed by atoms with Crippen LogP contribution in [-0.4, -0.2) is 28.1 Å². The Morgan fingerprint density at radius 2 is 2.67 bits per heavy atom. The van der Waals surface area contributed by atoms with E-state index in [-0.39, 0.29) is 12.0 Å². The Morgan fingerprint density at radius 3 is 3.42 bits per heavy atom. The third kappa shape index (κ3) is 0.895. The first-order chi connectivity index (χ1) is 5.83. The summed E-state index contributed by atoms with van der Waals surface area (Å²) in [6.07, 6.45) is 3.31. The molecule has 1 aromatic rings. The molecule has 0 N–H and O–H groups in total. The molecule has 0 unspecified atom stereocenters. The second-order valence-corrected chi connectivity index (χ2v) is 2.75. The molecule has 0 fully saturated rings. The molecule has 1 aromatic heterocycles. The van der Waals surface area contributed by atoms with Crippen molar-refractivity contribution in [1.29, 1.82) is 0 Å². The number of carbonyl (C=O) groups is 1. The van der Waals surface area contributed by atoms with E-state index >= 15 is 0 Å². The lowest BCUT2D eigenvalue weighted by molar-refractivity contribution is -0.144. The van der Waals surface area contributed by atoms with E-state index in [1.807, 2.05) is 0 Å². The molecule has 0 bridgehead atoms. The van der Waals surface area contributed by atoms with Gasteiger partial charge in [0.25, 0.3) is 0 Å². The third-order valence-corrected chi connectivity index (χ3v) is 2.09. The van der Waals surface area contributed by atoms with Crippen molar-refractivity contribution in [3.05, 3.63) is 11.9 Å². The first kappa shape index (κ1) is 7.27. The SMILES string of the molecule is COC(=O)[C@H]1CCc2cnnn21. The van der Waals surface area contributed by atoms with Crippen LogP contribution >= 0.6 is 0 Å². The van der Waals surface area contributed by atoms with E-state index in [4.69, 9.17) is 0 Å². The van der Waals surface area contributed by atoms with E-state index in [0.29, 0.717) is 0 Å². The average molecular weight is 167 g/mol. The van der Waals surface area contributed by atoms with Crippen molar-refractivity contribution in [2.24, 2.45) is 0 Å². The van der Waals surface area contributed by atoms with Gasteiger partial charge in [0.15, 0.2) is 6.04 Å². The first-order valence-electron chi connectivity index (χ1n) is 3.80. The maximum absolute atomic E-state index is 11.2. The molecule has 5 heteroatoms. The Morgan fingerprint density at radius 1 is 1.83 bits per heavy atom. The molecule has 5 nitrogen and oxygen atoms in total. The largest absolute Gasteiger partial charge is 0.467 e. The smallest absolute Gasteiger partial charge is 0.330 e. The van der Waals surface area contributed by atoms with Gasteiger partial charge in [-0.05, 0) is 12.8 Å². The van der Waals surface area contributed by atoms with Crippen LogP contribution in [0.1, 0.15) is 18.2 Å². The summed E-state index contributed by atoms with van der Waals surface area (Å²) >= 11 is 0. The zero-order valence-corrected chi connectivity index (χ0v) is 6.73. The summed E-state index contributed by atoms with van der Waals surface area (Å²) in [7, 11) is 1.39. The molecule has 2 rings (SSSR count). The van der Waals surface area contributed by atoms with Gasteiger partial charge < -0.3 is 4.74 Å². The second kappa shape index (κ2) is 2.58. The van der Waals surface area contributed by atoms with Gasteiger partial charge in [-0.15, -0.1) is 5.10 Å². The van der Waals surface area contributed by atoms with E-state index in [1.165, 1.54) is 7.11 Å². The number of ether oxygens (including phenoxy) is 1. The quantitative estimate of drug-likeness (QED) is 0.550. The highest BCUT2D eigenvalue weighted by atomic mass is 16.5. The van der Waals surface area contributed by atoms with Crippen LogP contribution in [0.2, 0.25) is 0 Å². The normalized spacial score (nSPS) is 20.6. The summed E-state index contributed by atoms with van der Waals surface area (Å²) in [6.45, 7) is 0. The number of hydrogen-bond donors (Lipinski definition) is 0. The monoisotopic (exact) mass is 167 g/mol. The van der Waals surface area contributed by atoms with Crippen molar-refractivity contribution in [2.45, 2.75) is 18.9 Å². The molecule has 0 saturated carbocycles. The molecule has 1 atom stereocenters. The number of aromatic nitrogens is 3. The number of esters is 1. The standard InChI is InChI=1S/C7H9N3O2/c1-12-7(11)6-3-2-5-4-8-9-10(5)6/h4,6H,2-3H2,1H3/t6-/m1/s1. The number of aryl methyl sites for hydroxylation is 1. The first-order valence-corrected chi connectivity index (χ1v) is 3.80. The fourth-order valence-electron chi connectivity index (χ4n) is 1.47. The van der Waals surface area contributed by atoms with E-state index in [0.717, 1.165) is 18.5 Å². The van der Waals surface area contributed by atoms with Crippen LogP contribution in [0, 0.1) is 0 Å². The van der Waals surface area contributed by atoms with Crippen molar-refractivity contribution in [3.63, 3.8) is 0 Å². The third-order valence-electron chi connectivity index (χ3n) is 2.09. The van der Waals surface area contributed by atoms with Gasteiger partial charge in [-0.3, -0.25) is 0 Å². The number of fused-ring (bicyclic) bond motifs is 1. The molecule has 12 heavy (non-hydrogen) atoms. The zero-order chi connectivity index (χ0) is 8.55. The highest BCUT2D eigenvalue weighted by molar-refractivity contribution is 5.74. The summed E-state index contributed by atoms with van der Waals surface area (Å²) in [5, 5.41) is 7.53. The number of hydrogen-bond acceptors (Lipinski definition) is 4. The van der Waals surface area contributed by atoms with Crippen LogP contribution in [0.5, 0.6) is 0 Å². The van der Waals surface area contributed by atoms with Gasteiger partial charge in [0, 0.05) is 0 Å². The van der Waals surface area contributed by atoms with Gasteiger partial charge in [-0.25, -0.2) is 9.48 Å². The lowest BCUT2D eigenvalue weighted by Crippen LogP contribution is -2.18. The fraction of sp³-hybridized carbons (Fsp3) is 0.571. The van der Waals surface area contributed by atoms with Crippen molar-refractivity contribution in [1.82, 2.24) is 15.0 Å². The van der Waals surface area contributed by atoms with Crippen molar-refractivity contribution >= 4 is 5.97 Å². The minimum Gasteiger partial charge on any atom is -0.467 e. The second-order valence-electron chi connectivity index (χ2n) is 2.75. The minimum atomic E-state index is -0.257. The van der Waals surface area contributed by atoms with Crippen molar-refractivity contribution in [2.75, 3.05) is 7.11 Å². The number of carbonyl (C=O) groups excluding carboxylic acids is 1. The Labute approximate surface area is 69.3 Å². The van der Waals surface area contributed by atoms with Gasteiger partial charge in [0.1, 0.15) is 0 Å². The van der Waals surface area contributed by atoms with E-state index < -0.39 is 0 Å². The Bertz CT molecular complexity index is 307. The summed E-state index contributed by atoms with van der Waals surface area (Å²) in [6, 6.07) is -0.257. The topological polar surface area (TPSA) is 57.0 Å². The summed E-state index contributed by atoms with van der Waals surface area (Å²) < 4.78 is 6.26. The molecule has 0 aromatic carbocycles. The minimum absolute atomic E-state index is 0.237. The lowest BCUT2D eigenvalue weighted by atomic mass is 10.2. The zero-order valence-electron chi connectivity index (χ0n) is 6.73. The van der Waals surface area contributed by atoms with Crippen molar-refractivity contribution in [3.8, 4) is 0 Å². The molecular weight excluding hydrogens is 158 g/mol. The van der Waals surface area contributed by atoms with E-state index in [9.17, 15) is 4.79 Å². The van der Waals surface area contributed by atoms with Crippen LogP contribution in [0.25, 0.3) is 0 Å². The average Bonchev–Trinajstić information content (AvgIpc) is 2.62. The molecule has 0 amide bonds. The maximum atomic E-state index is 11.2. The molecule has 64 valence electrons. The Kier molecular flexibility index (Phi) is 1.56. The molecule has 2 heterocycles. The van der Waals surface area contributed by atoms with Crippen LogP contribution in [0.4, 0.5) is 0 Å². The molecular formula is C7H9N3O2. The fourth-order valence-corrected chi connectivity index (χ4v) is 1.47. The number of nitrogens with zero attached hydrogens (tertiary/aromatic N) is 3. The summed E-state index contributed by atoms with van der Waals surface area (Å²) in [5.41, 5.74) is 1.01. The van der Waals surface area contributed by atoms with Crippen LogP contribution in [0.3, 0.4) is 0 Å². The molecule has 1 aliphatic heterocycles. The molecule has 0 spiro atoms. The molecule has 1 aliphatic rings. The number of methoxy groups -OCH3 is 1. The van der Waals surface area contributed by atoms with Gasteiger partial charge in [-0.1, -0.05) is 5.21 Å². The predicted molar refractivity (Wildman–Crippen MR) is 39.4 cm³/mol. The van der Waals surface area contributed by atoms with Gasteiger partial charge in [0.2, 0.25) is 0 Å². The van der Waals surface area contributed by atoms with Gasteiger partial charge in [-0.2, -0.15) is 0 Å². The van der Waals surface area contributed by atoms with Gasteiger partial charge >= 0.3 is 5.97 Å². The van der Waals surface area contributed by atoms with E-state index in [1.54, 1.807) is 10.9 Å². The Hall–Kier alpha value is -1.39. The maximum Gasteiger partial charge on any atom is 0.330 e. The molecule has 0 radical (unpaired) electrons. The van der Waals surface area contributed by atoms with Crippen LogP contribution in [0.15, 0.2) is 6.20 Å².